The summed E-state index contributed by atoms with van der Waals surface area (Å²) in [5.41, 5.74) is 3.54. The fourth-order valence-corrected chi connectivity index (χ4v) is 1.19. The van der Waals surface area contributed by atoms with Crippen molar-refractivity contribution in [3.8, 4) is 0 Å². The van der Waals surface area contributed by atoms with Crippen LogP contribution in [0, 0.1) is 13.8 Å². The molecule has 2 heteroatoms. The summed E-state index contributed by atoms with van der Waals surface area (Å²) >= 11 is 0. The number of hydrogen-bond acceptors (Lipinski definition) is 2. The lowest BCUT2D eigenvalue weighted by Crippen LogP contribution is -1.84. The van der Waals surface area contributed by atoms with Crippen LogP contribution in [0.3, 0.4) is 0 Å². The Morgan fingerprint density at radius 2 is 1.75 bits per heavy atom. The lowest BCUT2D eigenvalue weighted by Gasteiger charge is -1.97. The molecule has 0 bridgehead atoms. The summed E-state index contributed by atoms with van der Waals surface area (Å²) in [5, 5.41) is 7.12. The second-order valence-electron chi connectivity index (χ2n) is 2.81. The van der Waals surface area contributed by atoms with Gasteiger partial charge in [0.25, 0.3) is 0 Å². The summed E-state index contributed by atoms with van der Waals surface area (Å²) in [5.74, 6) is 0. The van der Waals surface area contributed by atoms with Gasteiger partial charge < -0.3 is 0 Å². The van der Waals surface area contributed by atoms with Gasteiger partial charge in [0.15, 0.2) is 0 Å². The summed E-state index contributed by atoms with van der Waals surface area (Å²) in [6, 6.07) is 6.24. The summed E-state index contributed by atoms with van der Waals surface area (Å²) in [4.78, 5) is 0. The number of hydrogen-bond donors (Lipinski definition) is 0. The Bertz CT molecular complexity index is 293. The molecular weight excluding hydrogens is 148 g/mol. The SMILES string of the molecule is C=N/N=C/c1cc(C)cc(C)c1. The fraction of sp³-hybridized carbons (Fsp3) is 0.200. The first-order chi connectivity index (χ1) is 5.72. The maximum absolute atomic E-state index is 3.71. The first-order valence-electron chi connectivity index (χ1n) is 3.80. The Kier molecular flexibility index (Phi) is 2.75. The predicted molar refractivity (Wildman–Crippen MR) is 53.1 cm³/mol. The first kappa shape index (κ1) is 8.65. The largest absolute Gasteiger partial charge is 0.167 e. The molecule has 0 aliphatic rings. The van der Waals surface area contributed by atoms with Gasteiger partial charge in [0, 0.05) is 6.72 Å². The maximum Gasteiger partial charge on any atom is 0.0567 e. The van der Waals surface area contributed by atoms with E-state index in [0.29, 0.717) is 0 Å². The van der Waals surface area contributed by atoms with E-state index in [1.165, 1.54) is 11.1 Å². The van der Waals surface area contributed by atoms with Crippen LogP contribution in [0.2, 0.25) is 0 Å². The zero-order valence-corrected chi connectivity index (χ0v) is 7.41. The van der Waals surface area contributed by atoms with E-state index in [1.54, 1.807) is 6.21 Å². The molecule has 0 aliphatic carbocycles. The van der Waals surface area contributed by atoms with Crippen LogP contribution in [0.4, 0.5) is 0 Å². The molecule has 1 aromatic rings. The van der Waals surface area contributed by atoms with Crippen molar-refractivity contribution in [1.82, 2.24) is 0 Å². The Morgan fingerprint density at radius 1 is 1.17 bits per heavy atom. The van der Waals surface area contributed by atoms with Gasteiger partial charge in [-0.05, 0) is 19.4 Å². The van der Waals surface area contributed by atoms with Crippen LogP contribution in [0.5, 0.6) is 0 Å². The molecule has 0 heterocycles. The maximum atomic E-state index is 3.71. The van der Waals surface area contributed by atoms with Crippen molar-refractivity contribution >= 4 is 12.9 Å². The Hall–Kier alpha value is -1.44. The summed E-state index contributed by atoms with van der Waals surface area (Å²) in [7, 11) is 0. The standard InChI is InChI=1S/C10H12N2/c1-8-4-9(2)6-10(5-8)7-12-11-3/h4-7H,3H2,1-2H3/b12-7+. The highest BCUT2D eigenvalue weighted by Crippen LogP contribution is 2.06. The van der Waals surface area contributed by atoms with Crippen molar-refractivity contribution in [2.75, 3.05) is 0 Å². The minimum atomic E-state index is 1.07. The van der Waals surface area contributed by atoms with Crippen LogP contribution >= 0.6 is 0 Å². The molecule has 1 rings (SSSR count). The molecule has 0 atom stereocenters. The van der Waals surface area contributed by atoms with Crippen molar-refractivity contribution in [3.63, 3.8) is 0 Å². The second-order valence-corrected chi connectivity index (χ2v) is 2.81. The van der Waals surface area contributed by atoms with E-state index in [-0.39, 0.29) is 0 Å². The van der Waals surface area contributed by atoms with Crippen molar-refractivity contribution in [3.05, 3.63) is 34.9 Å². The molecule has 0 amide bonds. The van der Waals surface area contributed by atoms with E-state index in [4.69, 9.17) is 0 Å². The molecule has 2 nitrogen and oxygen atoms in total. The zero-order chi connectivity index (χ0) is 8.97. The van der Waals surface area contributed by atoms with Crippen LogP contribution in [0.15, 0.2) is 28.4 Å². The van der Waals surface area contributed by atoms with E-state index < -0.39 is 0 Å². The third-order valence-electron chi connectivity index (χ3n) is 1.53. The molecule has 0 radical (unpaired) electrons. The van der Waals surface area contributed by atoms with Crippen molar-refractivity contribution < 1.29 is 0 Å². The molecule has 0 aliphatic heterocycles. The number of nitrogens with zero attached hydrogens (tertiary/aromatic N) is 2. The van der Waals surface area contributed by atoms with Crippen molar-refractivity contribution in [2.24, 2.45) is 10.2 Å². The molecule has 0 saturated carbocycles. The highest BCUT2D eigenvalue weighted by molar-refractivity contribution is 5.80. The third-order valence-corrected chi connectivity index (χ3v) is 1.53. The van der Waals surface area contributed by atoms with Crippen LogP contribution in [0.25, 0.3) is 0 Å². The fourth-order valence-electron chi connectivity index (χ4n) is 1.19. The molecule has 12 heavy (non-hydrogen) atoms. The molecule has 0 fully saturated rings. The Morgan fingerprint density at radius 3 is 2.25 bits per heavy atom. The average Bonchev–Trinajstić information content (AvgIpc) is 1.99. The normalized spacial score (nSPS) is 10.5. The van der Waals surface area contributed by atoms with Gasteiger partial charge in [-0.25, -0.2) is 0 Å². The van der Waals surface area contributed by atoms with Crippen LogP contribution in [-0.4, -0.2) is 12.9 Å². The molecule has 0 spiro atoms. The molecule has 0 N–H and O–H groups in total. The van der Waals surface area contributed by atoms with Crippen molar-refractivity contribution in [1.29, 1.82) is 0 Å². The smallest absolute Gasteiger partial charge is 0.0567 e. The van der Waals surface area contributed by atoms with Crippen molar-refractivity contribution in [2.45, 2.75) is 13.8 Å². The van der Waals surface area contributed by atoms with Crippen LogP contribution < -0.4 is 0 Å². The van der Waals surface area contributed by atoms with E-state index >= 15 is 0 Å². The molecule has 0 saturated heterocycles. The highest BCUT2D eigenvalue weighted by Gasteiger charge is 1.91. The second kappa shape index (κ2) is 3.81. The number of rotatable bonds is 2. The van der Waals surface area contributed by atoms with Gasteiger partial charge in [0.05, 0.1) is 6.21 Å². The minimum Gasteiger partial charge on any atom is -0.167 e. The van der Waals surface area contributed by atoms with Gasteiger partial charge in [-0.2, -0.15) is 10.2 Å². The lowest BCUT2D eigenvalue weighted by atomic mass is 10.1. The van der Waals surface area contributed by atoms with Gasteiger partial charge in [-0.3, -0.25) is 0 Å². The van der Waals surface area contributed by atoms with Crippen LogP contribution in [0.1, 0.15) is 16.7 Å². The number of aryl methyl sites for hydroxylation is 2. The molecular formula is C10H12N2. The lowest BCUT2D eigenvalue weighted by molar-refractivity contribution is 1.27. The summed E-state index contributed by atoms with van der Waals surface area (Å²) < 4.78 is 0. The third kappa shape index (κ3) is 2.31. The summed E-state index contributed by atoms with van der Waals surface area (Å²) in [6.45, 7) is 7.40. The quantitative estimate of drug-likeness (QED) is 0.468. The molecule has 0 aromatic heterocycles. The van der Waals surface area contributed by atoms with Crippen LogP contribution in [-0.2, 0) is 0 Å². The van der Waals surface area contributed by atoms with E-state index in [2.05, 4.69) is 49.0 Å². The summed E-state index contributed by atoms with van der Waals surface area (Å²) in [6.07, 6.45) is 1.70. The topological polar surface area (TPSA) is 24.7 Å². The van der Waals surface area contributed by atoms with E-state index in [1.807, 2.05) is 0 Å². The highest BCUT2D eigenvalue weighted by atomic mass is 15.2. The molecule has 0 unspecified atom stereocenters. The monoisotopic (exact) mass is 160 g/mol. The first-order valence-corrected chi connectivity index (χ1v) is 3.80. The zero-order valence-electron chi connectivity index (χ0n) is 7.41. The van der Waals surface area contributed by atoms with Gasteiger partial charge in [-0.1, -0.05) is 29.3 Å². The average molecular weight is 160 g/mol. The van der Waals surface area contributed by atoms with Gasteiger partial charge in [0.1, 0.15) is 0 Å². The molecule has 1 aromatic carbocycles. The Balaban J connectivity index is 3.00. The Labute approximate surface area is 72.7 Å². The minimum absolute atomic E-state index is 1.07. The van der Waals surface area contributed by atoms with Gasteiger partial charge >= 0.3 is 0 Å². The predicted octanol–water partition coefficient (Wildman–Crippen LogP) is 2.34. The molecule has 62 valence electrons. The van der Waals surface area contributed by atoms with Gasteiger partial charge in [0.2, 0.25) is 0 Å². The van der Waals surface area contributed by atoms with E-state index in [0.717, 1.165) is 5.56 Å². The van der Waals surface area contributed by atoms with Gasteiger partial charge in [-0.15, -0.1) is 0 Å². The number of benzene rings is 1. The van der Waals surface area contributed by atoms with E-state index in [9.17, 15) is 0 Å².